The van der Waals surface area contributed by atoms with Gasteiger partial charge in [0.2, 0.25) is 0 Å². The first-order chi connectivity index (χ1) is 13.7. The number of nitrogens with one attached hydrogen (secondary N) is 1. The molecule has 0 aliphatic carbocycles. The molecule has 142 valence electrons. The van der Waals surface area contributed by atoms with Gasteiger partial charge in [-0.15, -0.1) is 5.10 Å². The van der Waals surface area contributed by atoms with E-state index in [1.54, 1.807) is 4.68 Å². The summed E-state index contributed by atoms with van der Waals surface area (Å²) in [5.41, 5.74) is 3.53. The molecular weight excluding hydrogens is 354 g/mol. The summed E-state index contributed by atoms with van der Waals surface area (Å²) in [5.74, 6) is 0.501. The van der Waals surface area contributed by atoms with E-state index in [-0.39, 0.29) is 5.91 Å². The van der Waals surface area contributed by atoms with Crippen LogP contribution < -0.4 is 5.32 Å². The molecule has 0 aliphatic rings. The van der Waals surface area contributed by atoms with Crippen molar-refractivity contribution in [3.05, 3.63) is 59.9 Å². The second kappa shape index (κ2) is 7.64. The SMILES string of the molecule is CCCCNC(=O)c1nnn(-c2ccc3noc(-c4ccccc4)c3c2)c1C. The molecule has 0 fully saturated rings. The van der Waals surface area contributed by atoms with Gasteiger partial charge in [0.15, 0.2) is 11.5 Å². The van der Waals surface area contributed by atoms with E-state index in [9.17, 15) is 4.79 Å². The number of carbonyl (C=O) groups is 1. The summed E-state index contributed by atoms with van der Waals surface area (Å²) in [7, 11) is 0. The standard InChI is InChI=1S/C21H21N5O2/c1-3-4-12-22-21(27)19-14(2)26(25-23-19)16-10-11-18-17(13-16)20(28-24-18)15-8-6-5-7-9-15/h5-11,13H,3-4,12H2,1-2H3,(H,22,27). The molecule has 7 nitrogen and oxygen atoms in total. The Morgan fingerprint density at radius 3 is 2.79 bits per heavy atom. The molecule has 0 spiro atoms. The Bertz CT molecular complexity index is 1110. The predicted molar refractivity (Wildman–Crippen MR) is 106 cm³/mol. The predicted octanol–water partition coefficient (Wildman–Crippen LogP) is 3.91. The van der Waals surface area contributed by atoms with Crippen LogP contribution in [0.15, 0.2) is 53.1 Å². The summed E-state index contributed by atoms with van der Waals surface area (Å²) in [6, 6.07) is 15.5. The van der Waals surface area contributed by atoms with Gasteiger partial charge in [-0.1, -0.05) is 54.0 Å². The zero-order valence-corrected chi connectivity index (χ0v) is 15.8. The van der Waals surface area contributed by atoms with E-state index in [1.165, 1.54) is 0 Å². The number of rotatable bonds is 6. The molecule has 0 aliphatic heterocycles. The van der Waals surface area contributed by atoms with Crippen molar-refractivity contribution in [1.82, 2.24) is 25.5 Å². The van der Waals surface area contributed by atoms with Crippen molar-refractivity contribution in [2.75, 3.05) is 6.54 Å². The summed E-state index contributed by atoms with van der Waals surface area (Å²) in [4.78, 5) is 12.3. The minimum atomic E-state index is -0.201. The molecule has 0 bridgehead atoms. The van der Waals surface area contributed by atoms with Gasteiger partial charge < -0.3 is 9.84 Å². The van der Waals surface area contributed by atoms with Crippen molar-refractivity contribution in [1.29, 1.82) is 0 Å². The number of carbonyl (C=O) groups excluding carboxylic acids is 1. The lowest BCUT2D eigenvalue weighted by Crippen LogP contribution is -2.25. The Balaban J connectivity index is 1.69. The highest BCUT2D eigenvalue weighted by molar-refractivity contribution is 5.94. The Hall–Kier alpha value is -3.48. The Morgan fingerprint density at radius 1 is 1.18 bits per heavy atom. The van der Waals surface area contributed by atoms with E-state index in [0.717, 1.165) is 35.0 Å². The zero-order chi connectivity index (χ0) is 19.5. The number of nitrogens with zero attached hydrogens (tertiary/aromatic N) is 4. The van der Waals surface area contributed by atoms with Gasteiger partial charge in [-0.05, 0) is 31.5 Å². The van der Waals surface area contributed by atoms with Crippen molar-refractivity contribution < 1.29 is 9.32 Å². The van der Waals surface area contributed by atoms with Crippen LogP contribution in [-0.2, 0) is 0 Å². The molecule has 4 aromatic rings. The van der Waals surface area contributed by atoms with E-state index in [4.69, 9.17) is 4.52 Å². The molecule has 4 rings (SSSR count). The number of hydrogen-bond donors (Lipinski definition) is 1. The molecule has 2 aromatic heterocycles. The molecule has 2 aromatic carbocycles. The molecule has 1 amide bonds. The number of aromatic nitrogens is 4. The van der Waals surface area contributed by atoms with Crippen molar-refractivity contribution in [3.8, 4) is 17.0 Å². The molecule has 0 radical (unpaired) electrons. The van der Waals surface area contributed by atoms with Crippen LogP contribution in [0.25, 0.3) is 27.9 Å². The van der Waals surface area contributed by atoms with E-state index in [1.807, 2.05) is 55.5 Å². The molecule has 28 heavy (non-hydrogen) atoms. The zero-order valence-electron chi connectivity index (χ0n) is 15.8. The first-order valence-corrected chi connectivity index (χ1v) is 9.34. The largest absolute Gasteiger partial charge is 0.355 e. The highest BCUT2D eigenvalue weighted by atomic mass is 16.5. The fraction of sp³-hybridized carbons (Fsp3) is 0.238. The number of amides is 1. The summed E-state index contributed by atoms with van der Waals surface area (Å²) in [5, 5.41) is 16.2. The highest BCUT2D eigenvalue weighted by Gasteiger charge is 2.18. The monoisotopic (exact) mass is 375 g/mol. The van der Waals surface area contributed by atoms with E-state index in [0.29, 0.717) is 23.7 Å². The number of benzene rings is 2. The lowest BCUT2D eigenvalue weighted by molar-refractivity contribution is 0.0947. The molecule has 7 heteroatoms. The van der Waals surface area contributed by atoms with Gasteiger partial charge in [-0.3, -0.25) is 4.79 Å². The fourth-order valence-electron chi connectivity index (χ4n) is 3.11. The van der Waals surface area contributed by atoms with Crippen LogP contribution in [0.2, 0.25) is 0 Å². The van der Waals surface area contributed by atoms with Crippen LogP contribution in [0.5, 0.6) is 0 Å². The summed E-state index contributed by atoms with van der Waals surface area (Å²) >= 11 is 0. The lowest BCUT2D eigenvalue weighted by atomic mass is 10.1. The van der Waals surface area contributed by atoms with Crippen LogP contribution >= 0.6 is 0 Å². The van der Waals surface area contributed by atoms with Crippen LogP contribution in [0, 0.1) is 6.92 Å². The van der Waals surface area contributed by atoms with Gasteiger partial charge in [0.25, 0.3) is 5.91 Å². The van der Waals surface area contributed by atoms with Gasteiger partial charge in [0, 0.05) is 12.1 Å². The molecule has 2 heterocycles. The number of fused-ring (bicyclic) bond motifs is 1. The van der Waals surface area contributed by atoms with E-state index < -0.39 is 0 Å². The maximum atomic E-state index is 12.3. The Morgan fingerprint density at radius 2 is 2.00 bits per heavy atom. The van der Waals surface area contributed by atoms with E-state index in [2.05, 4.69) is 27.7 Å². The maximum Gasteiger partial charge on any atom is 0.273 e. The van der Waals surface area contributed by atoms with Crippen LogP contribution in [0.3, 0.4) is 0 Å². The third-order valence-electron chi connectivity index (χ3n) is 4.67. The molecule has 0 saturated heterocycles. The van der Waals surface area contributed by atoms with Crippen molar-refractivity contribution in [2.45, 2.75) is 26.7 Å². The molecule has 0 unspecified atom stereocenters. The minimum Gasteiger partial charge on any atom is -0.355 e. The topological polar surface area (TPSA) is 85.8 Å². The van der Waals surface area contributed by atoms with Crippen molar-refractivity contribution in [2.24, 2.45) is 0 Å². The quantitative estimate of drug-likeness (QED) is 0.516. The van der Waals surface area contributed by atoms with Crippen LogP contribution in [0.1, 0.15) is 35.9 Å². The third kappa shape index (κ3) is 3.26. The van der Waals surface area contributed by atoms with Gasteiger partial charge in [-0.2, -0.15) is 0 Å². The van der Waals surface area contributed by atoms with Crippen molar-refractivity contribution in [3.63, 3.8) is 0 Å². The molecule has 1 N–H and O–H groups in total. The average Bonchev–Trinajstić information content (AvgIpc) is 3.31. The average molecular weight is 375 g/mol. The first kappa shape index (κ1) is 17.9. The molecule has 0 saturated carbocycles. The normalized spacial score (nSPS) is 11.1. The van der Waals surface area contributed by atoms with Gasteiger partial charge in [0.05, 0.1) is 16.8 Å². The van der Waals surface area contributed by atoms with Crippen LogP contribution in [0.4, 0.5) is 0 Å². The third-order valence-corrected chi connectivity index (χ3v) is 4.67. The minimum absolute atomic E-state index is 0.201. The Kier molecular flexibility index (Phi) is 4.89. The fourth-order valence-corrected chi connectivity index (χ4v) is 3.11. The van der Waals surface area contributed by atoms with Gasteiger partial charge >= 0.3 is 0 Å². The molecule has 0 atom stereocenters. The lowest BCUT2D eigenvalue weighted by Gasteiger charge is -2.05. The van der Waals surface area contributed by atoms with Gasteiger partial charge in [-0.25, -0.2) is 4.68 Å². The highest BCUT2D eigenvalue weighted by Crippen LogP contribution is 2.30. The van der Waals surface area contributed by atoms with Gasteiger partial charge in [0.1, 0.15) is 5.52 Å². The Labute approximate surface area is 162 Å². The van der Waals surface area contributed by atoms with Crippen LogP contribution in [-0.4, -0.2) is 32.6 Å². The van der Waals surface area contributed by atoms with Crippen molar-refractivity contribution >= 4 is 16.8 Å². The maximum absolute atomic E-state index is 12.3. The summed E-state index contributed by atoms with van der Waals surface area (Å²) in [6.07, 6.45) is 1.96. The second-order valence-electron chi connectivity index (χ2n) is 6.62. The number of hydrogen-bond acceptors (Lipinski definition) is 5. The molecular formula is C21H21N5O2. The summed E-state index contributed by atoms with van der Waals surface area (Å²) < 4.78 is 7.22. The smallest absolute Gasteiger partial charge is 0.273 e. The summed E-state index contributed by atoms with van der Waals surface area (Å²) in [6.45, 7) is 4.55. The number of unbranched alkanes of at least 4 members (excludes halogenated alkanes) is 1. The van der Waals surface area contributed by atoms with E-state index >= 15 is 0 Å². The first-order valence-electron chi connectivity index (χ1n) is 9.34. The second-order valence-corrected chi connectivity index (χ2v) is 6.62.